The van der Waals surface area contributed by atoms with E-state index in [0.717, 1.165) is 83.5 Å². The van der Waals surface area contributed by atoms with Crippen LogP contribution in [0.3, 0.4) is 0 Å². The number of unbranched alkanes of at least 4 members (excludes halogenated alkanes) is 19. The number of allylic oxidation sites excluding steroid dienone is 8. The molecule has 0 spiro atoms. The fraction of sp³-hybridized carbons (Fsp3) is 0.756. The molecule has 0 aliphatic heterocycles. The van der Waals surface area contributed by atoms with E-state index >= 15 is 0 Å². The number of ether oxygens (including phenoxy) is 2. The van der Waals surface area contributed by atoms with Gasteiger partial charge in [0.25, 0.3) is 0 Å². The van der Waals surface area contributed by atoms with Crippen molar-refractivity contribution in [2.45, 2.75) is 199 Å². The third-order valence-corrected chi connectivity index (χ3v) is 10.3. The van der Waals surface area contributed by atoms with Crippen LogP contribution in [-0.4, -0.2) is 59.9 Å². The molecule has 12 heteroatoms. The molecule has 0 radical (unpaired) electrons. The molecule has 0 aromatic rings. The summed E-state index contributed by atoms with van der Waals surface area (Å²) in [6.07, 6.45) is 44.5. The van der Waals surface area contributed by atoms with Crippen LogP contribution in [0.15, 0.2) is 48.6 Å². The van der Waals surface area contributed by atoms with E-state index in [1.807, 2.05) is 0 Å². The number of nitrogens with two attached hydrogens (primary N) is 1. The Morgan fingerprint density at radius 1 is 0.544 bits per heavy atom. The molecule has 0 rings (SSSR count). The first-order valence-electron chi connectivity index (χ1n) is 22.2. The largest absolute Gasteiger partial charge is 0.480 e. The Labute approximate surface area is 345 Å². The Hall–Kier alpha value is -2.56. The molecular weight excluding hydrogens is 745 g/mol. The van der Waals surface area contributed by atoms with E-state index in [0.29, 0.717) is 12.8 Å². The predicted octanol–water partition coefficient (Wildman–Crippen LogP) is 11.8. The summed E-state index contributed by atoms with van der Waals surface area (Å²) >= 11 is 0. The third kappa shape index (κ3) is 40.0. The molecule has 0 heterocycles. The van der Waals surface area contributed by atoms with Crippen molar-refractivity contribution in [1.29, 1.82) is 0 Å². The van der Waals surface area contributed by atoms with E-state index in [2.05, 4.69) is 67.0 Å². The van der Waals surface area contributed by atoms with E-state index in [-0.39, 0.29) is 19.4 Å². The molecule has 0 aromatic heterocycles. The standard InChI is InChI=1S/C45H80NO10P/c1-3-5-7-9-11-13-15-17-19-21-23-25-27-29-31-33-35-37-44(48)56-41(39-54-57(51,52)55-40-42(46)45(49)50)38-53-43(47)36-34-32-30-28-26-24-22-20-18-16-14-12-10-8-6-4-2/h11,13-14,16-17,19-20,22,41-42H,3-10,12,15,18,21,23-40,46H2,1-2H3,(H,49,50)(H,51,52)/b13-11-,16-14-,19-17-,22-20-. The summed E-state index contributed by atoms with van der Waals surface area (Å²) in [6, 6.07) is -1.53. The number of aliphatic carboxylic acids is 1. The summed E-state index contributed by atoms with van der Waals surface area (Å²) in [6.45, 7) is 2.74. The van der Waals surface area contributed by atoms with Gasteiger partial charge in [0.05, 0.1) is 13.2 Å². The van der Waals surface area contributed by atoms with Crippen LogP contribution in [0.4, 0.5) is 0 Å². The summed E-state index contributed by atoms with van der Waals surface area (Å²) in [5, 5.41) is 8.89. The topological polar surface area (TPSA) is 172 Å². The maximum Gasteiger partial charge on any atom is 0.472 e. The average molecular weight is 826 g/mol. The third-order valence-electron chi connectivity index (χ3n) is 9.30. The van der Waals surface area contributed by atoms with Gasteiger partial charge >= 0.3 is 25.7 Å². The zero-order valence-corrected chi connectivity index (χ0v) is 36.6. The Balaban J connectivity index is 4.39. The van der Waals surface area contributed by atoms with Gasteiger partial charge in [0.15, 0.2) is 6.10 Å². The Kier molecular flexibility index (Phi) is 38.4. The van der Waals surface area contributed by atoms with Gasteiger partial charge in [-0.15, -0.1) is 0 Å². The van der Waals surface area contributed by atoms with E-state index in [9.17, 15) is 23.8 Å². The maximum atomic E-state index is 12.6. The highest BCUT2D eigenvalue weighted by molar-refractivity contribution is 7.47. The molecule has 3 unspecified atom stereocenters. The van der Waals surface area contributed by atoms with Crippen LogP contribution in [0.2, 0.25) is 0 Å². The molecule has 11 nitrogen and oxygen atoms in total. The number of phosphoric acid groups is 1. The molecule has 0 aromatic carbocycles. The molecule has 0 amide bonds. The highest BCUT2D eigenvalue weighted by Crippen LogP contribution is 2.43. The number of phosphoric ester groups is 1. The minimum Gasteiger partial charge on any atom is -0.480 e. The fourth-order valence-electron chi connectivity index (χ4n) is 5.77. The quantitative estimate of drug-likeness (QED) is 0.0232. The van der Waals surface area contributed by atoms with Crippen LogP contribution in [-0.2, 0) is 37.5 Å². The Bertz CT molecular complexity index is 1150. The summed E-state index contributed by atoms with van der Waals surface area (Å²) in [7, 11) is -4.72. The first kappa shape index (κ1) is 54.4. The molecule has 0 saturated carbocycles. The van der Waals surface area contributed by atoms with E-state index in [4.69, 9.17) is 24.8 Å². The molecule has 0 bridgehead atoms. The van der Waals surface area contributed by atoms with Gasteiger partial charge in [-0.25, -0.2) is 4.57 Å². The summed E-state index contributed by atoms with van der Waals surface area (Å²) < 4.78 is 32.7. The van der Waals surface area contributed by atoms with Crippen molar-refractivity contribution in [3.05, 3.63) is 48.6 Å². The van der Waals surface area contributed by atoms with Crippen molar-refractivity contribution in [3.8, 4) is 0 Å². The minimum absolute atomic E-state index is 0.148. The zero-order chi connectivity index (χ0) is 42.1. The molecule has 0 saturated heterocycles. The first-order chi connectivity index (χ1) is 27.6. The fourth-order valence-corrected chi connectivity index (χ4v) is 6.55. The maximum absolute atomic E-state index is 12.6. The second-order valence-corrected chi connectivity index (χ2v) is 16.3. The second-order valence-electron chi connectivity index (χ2n) is 14.8. The Morgan fingerprint density at radius 2 is 0.930 bits per heavy atom. The second kappa shape index (κ2) is 40.2. The highest BCUT2D eigenvalue weighted by Gasteiger charge is 2.28. The smallest absolute Gasteiger partial charge is 0.472 e. The molecule has 3 atom stereocenters. The van der Waals surface area contributed by atoms with Gasteiger partial charge in [0.1, 0.15) is 12.6 Å². The number of esters is 2. The van der Waals surface area contributed by atoms with Crippen LogP contribution in [0, 0.1) is 0 Å². The van der Waals surface area contributed by atoms with Gasteiger partial charge in [0.2, 0.25) is 0 Å². The van der Waals surface area contributed by atoms with Gasteiger partial charge in [-0.1, -0.05) is 146 Å². The summed E-state index contributed by atoms with van der Waals surface area (Å²) in [5.41, 5.74) is 5.33. The predicted molar refractivity (Wildman–Crippen MR) is 231 cm³/mol. The molecule has 57 heavy (non-hydrogen) atoms. The Morgan fingerprint density at radius 3 is 1.40 bits per heavy atom. The lowest BCUT2D eigenvalue weighted by Crippen LogP contribution is -2.34. The van der Waals surface area contributed by atoms with Crippen molar-refractivity contribution in [3.63, 3.8) is 0 Å². The number of rotatable bonds is 41. The van der Waals surface area contributed by atoms with Gasteiger partial charge in [-0.3, -0.25) is 23.4 Å². The molecule has 0 fully saturated rings. The van der Waals surface area contributed by atoms with E-state index < -0.39 is 51.1 Å². The number of carbonyl (C=O) groups excluding carboxylic acids is 2. The van der Waals surface area contributed by atoms with Crippen LogP contribution in [0.5, 0.6) is 0 Å². The molecule has 330 valence electrons. The zero-order valence-electron chi connectivity index (χ0n) is 35.7. The lowest BCUT2D eigenvalue weighted by molar-refractivity contribution is -0.161. The molecule has 0 aliphatic carbocycles. The van der Waals surface area contributed by atoms with Crippen molar-refractivity contribution < 1.29 is 47.5 Å². The highest BCUT2D eigenvalue weighted by atomic mass is 31.2. The number of carbonyl (C=O) groups is 3. The van der Waals surface area contributed by atoms with Crippen molar-refractivity contribution in [2.75, 3.05) is 19.8 Å². The number of carboxylic acids is 1. The lowest BCUT2D eigenvalue weighted by Gasteiger charge is -2.20. The molecular formula is C45H80NO10P. The first-order valence-corrected chi connectivity index (χ1v) is 23.7. The van der Waals surface area contributed by atoms with E-state index in [1.54, 1.807) is 0 Å². The summed E-state index contributed by atoms with van der Waals surface area (Å²) in [5.74, 6) is -2.41. The lowest BCUT2D eigenvalue weighted by atomic mass is 10.1. The van der Waals surface area contributed by atoms with Gasteiger partial charge in [-0.05, 0) is 77.0 Å². The van der Waals surface area contributed by atoms with Gasteiger partial charge < -0.3 is 25.2 Å². The van der Waals surface area contributed by atoms with Crippen LogP contribution < -0.4 is 5.73 Å². The van der Waals surface area contributed by atoms with Crippen LogP contribution >= 0.6 is 7.82 Å². The van der Waals surface area contributed by atoms with Gasteiger partial charge in [0, 0.05) is 12.8 Å². The minimum atomic E-state index is -4.72. The van der Waals surface area contributed by atoms with Gasteiger partial charge in [-0.2, -0.15) is 0 Å². The number of hydrogen-bond acceptors (Lipinski definition) is 9. The number of hydrogen-bond donors (Lipinski definition) is 3. The molecule has 4 N–H and O–H groups in total. The molecule has 0 aliphatic rings. The summed E-state index contributed by atoms with van der Waals surface area (Å²) in [4.78, 5) is 46.0. The van der Waals surface area contributed by atoms with Crippen LogP contribution in [0.1, 0.15) is 187 Å². The number of carboxylic acid groups (broad SMARTS) is 1. The van der Waals surface area contributed by atoms with Crippen molar-refractivity contribution >= 4 is 25.7 Å². The average Bonchev–Trinajstić information content (AvgIpc) is 3.19. The van der Waals surface area contributed by atoms with E-state index in [1.165, 1.54) is 64.2 Å². The van der Waals surface area contributed by atoms with Crippen molar-refractivity contribution in [2.24, 2.45) is 5.73 Å². The monoisotopic (exact) mass is 826 g/mol. The van der Waals surface area contributed by atoms with Crippen molar-refractivity contribution in [1.82, 2.24) is 0 Å². The SMILES string of the molecule is CCCCC/C=C\C/C=C\CCCCCCCCCC(=O)OC(COC(=O)CCCCCCC/C=C\C/C=C\CCCCCC)COP(=O)(O)OCC(N)C(=O)O. The van der Waals surface area contributed by atoms with Crippen LogP contribution in [0.25, 0.3) is 0 Å². The normalized spacial score (nSPS) is 14.2.